The smallest absolute Gasteiger partial charge is 0.334 e. The van der Waals surface area contributed by atoms with E-state index in [0.29, 0.717) is 19.4 Å². The molecule has 1 aromatic carbocycles. The van der Waals surface area contributed by atoms with Gasteiger partial charge in [-0.05, 0) is 12.1 Å². The summed E-state index contributed by atoms with van der Waals surface area (Å²) in [5.74, 6) is -0.345. The molecule has 22 heavy (non-hydrogen) atoms. The van der Waals surface area contributed by atoms with E-state index in [2.05, 4.69) is 0 Å². The van der Waals surface area contributed by atoms with Crippen LogP contribution in [0.2, 0.25) is 0 Å². The average molecular weight is 303 g/mol. The number of carbonyl (C=O) groups excluding carboxylic acids is 1. The molecule has 1 saturated heterocycles. The molecule has 1 aliphatic rings. The van der Waals surface area contributed by atoms with E-state index in [1.165, 1.54) is 0 Å². The van der Waals surface area contributed by atoms with Crippen molar-refractivity contribution in [2.24, 2.45) is 0 Å². The van der Waals surface area contributed by atoms with Gasteiger partial charge < -0.3 is 19.2 Å². The Hall–Kier alpha value is -2.34. The molecule has 3 rings (SSSR count). The summed E-state index contributed by atoms with van der Waals surface area (Å²) in [6.45, 7) is 0.796. The zero-order valence-corrected chi connectivity index (χ0v) is 12.0. The fraction of sp³-hybridized carbons (Fsp3) is 0.375. The van der Waals surface area contributed by atoms with Crippen LogP contribution in [0.3, 0.4) is 0 Å². The maximum absolute atomic E-state index is 12.2. The molecule has 0 spiro atoms. The van der Waals surface area contributed by atoms with Crippen molar-refractivity contribution < 1.29 is 23.8 Å². The number of para-hydroxylation sites is 1. The number of ether oxygens (including phenoxy) is 1. The van der Waals surface area contributed by atoms with Gasteiger partial charge in [0.05, 0.1) is 13.2 Å². The summed E-state index contributed by atoms with van der Waals surface area (Å²) in [6.07, 6.45) is -0.127. The Bertz CT molecular complexity index is 660. The first-order valence-corrected chi connectivity index (χ1v) is 7.23. The number of nitrogens with zero attached hydrogens (tertiary/aromatic N) is 1. The zero-order valence-electron chi connectivity index (χ0n) is 12.0. The van der Waals surface area contributed by atoms with Crippen LogP contribution in [0.1, 0.15) is 12.2 Å². The Morgan fingerprint density at radius 2 is 2.14 bits per heavy atom. The molecule has 1 unspecified atom stereocenters. The van der Waals surface area contributed by atoms with Crippen LogP contribution in [-0.2, 0) is 20.7 Å². The summed E-state index contributed by atoms with van der Waals surface area (Å²) in [4.78, 5) is 24.7. The molecule has 0 aliphatic carbocycles. The minimum absolute atomic E-state index is 0.0741. The van der Waals surface area contributed by atoms with Crippen LogP contribution in [0.15, 0.2) is 34.7 Å². The van der Waals surface area contributed by atoms with Crippen LogP contribution in [0.25, 0.3) is 11.0 Å². The summed E-state index contributed by atoms with van der Waals surface area (Å²) >= 11 is 0. The highest BCUT2D eigenvalue weighted by molar-refractivity contribution is 5.80. The molecule has 116 valence electrons. The number of carbonyl (C=O) groups is 2. The molecule has 1 amide bonds. The number of benzene rings is 1. The Balaban J connectivity index is 1.58. The molecule has 1 atom stereocenters. The Morgan fingerprint density at radius 3 is 2.91 bits per heavy atom. The lowest BCUT2D eigenvalue weighted by Crippen LogP contribution is -2.48. The lowest BCUT2D eigenvalue weighted by molar-refractivity contribution is -0.159. The number of carboxylic acids is 1. The van der Waals surface area contributed by atoms with Gasteiger partial charge in [-0.25, -0.2) is 4.79 Å². The fourth-order valence-electron chi connectivity index (χ4n) is 2.57. The van der Waals surface area contributed by atoms with Crippen molar-refractivity contribution in [3.05, 3.63) is 36.1 Å². The Morgan fingerprint density at radius 1 is 1.32 bits per heavy atom. The van der Waals surface area contributed by atoms with Crippen LogP contribution in [0.5, 0.6) is 0 Å². The Labute approximate surface area is 127 Å². The third-order valence-electron chi connectivity index (χ3n) is 3.76. The van der Waals surface area contributed by atoms with Gasteiger partial charge in [-0.1, -0.05) is 18.2 Å². The lowest BCUT2D eigenvalue weighted by Gasteiger charge is -2.30. The third kappa shape index (κ3) is 3.12. The standard InChI is InChI=1S/C16H17NO5/c18-15(17-7-8-21-14(10-17)16(19)20)6-5-12-9-11-3-1-2-4-13(11)22-12/h1-4,9,14H,5-8,10H2,(H,19,20). The number of hydrogen-bond acceptors (Lipinski definition) is 4. The van der Waals surface area contributed by atoms with E-state index in [9.17, 15) is 9.59 Å². The van der Waals surface area contributed by atoms with Crippen molar-refractivity contribution in [1.82, 2.24) is 4.90 Å². The van der Waals surface area contributed by atoms with Crippen molar-refractivity contribution in [1.29, 1.82) is 0 Å². The van der Waals surface area contributed by atoms with Crippen LogP contribution < -0.4 is 0 Å². The first-order valence-electron chi connectivity index (χ1n) is 7.23. The monoisotopic (exact) mass is 303 g/mol. The van der Waals surface area contributed by atoms with Crippen LogP contribution in [-0.4, -0.2) is 47.7 Å². The summed E-state index contributed by atoms with van der Waals surface area (Å²) in [6, 6.07) is 9.62. The highest BCUT2D eigenvalue weighted by Gasteiger charge is 2.28. The number of morpholine rings is 1. The van der Waals surface area contributed by atoms with Crippen LogP contribution in [0, 0.1) is 0 Å². The summed E-state index contributed by atoms with van der Waals surface area (Å²) in [7, 11) is 0. The van der Waals surface area contributed by atoms with E-state index in [4.69, 9.17) is 14.3 Å². The molecule has 1 aliphatic heterocycles. The lowest BCUT2D eigenvalue weighted by atomic mass is 10.2. The second-order valence-electron chi connectivity index (χ2n) is 5.29. The number of aryl methyl sites for hydroxylation is 1. The van der Waals surface area contributed by atoms with Crippen molar-refractivity contribution in [2.45, 2.75) is 18.9 Å². The third-order valence-corrected chi connectivity index (χ3v) is 3.76. The molecule has 1 N–H and O–H groups in total. The van der Waals surface area contributed by atoms with Gasteiger partial charge in [-0.3, -0.25) is 4.79 Å². The highest BCUT2D eigenvalue weighted by Crippen LogP contribution is 2.20. The number of carboxylic acid groups (broad SMARTS) is 1. The van der Waals surface area contributed by atoms with Crippen molar-refractivity contribution in [3.8, 4) is 0 Å². The first-order chi connectivity index (χ1) is 10.6. The van der Waals surface area contributed by atoms with Crippen molar-refractivity contribution in [3.63, 3.8) is 0 Å². The van der Waals surface area contributed by atoms with E-state index < -0.39 is 12.1 Å². The maximum atomic E-state index is 12.2. The maximum Gasteiger partial charge on any atom is 0.334 e. The number of hydrogen-bond donors (Lipinski definition) is 1. The van der Waals surface area contributed by atoms with Gasteiger partial charge in [-0.2, -0.15) is 0 Å². The van der Waals surface area contributed by atoms with Crippen molar-refractivity contribution in [2.75, 3.05) is 19.7 Å². The molecule has 6 heteroatoms. The summed E-state index contributed by atoms with van der Waals surface area (Å²) < 4.78 is 10.8. The summed E-state index contributed by atoms with van der Waals surface area (Å²) in [5.41, 5.74) is 0.808. The second-order valence-corrected chi connectivity index (χ2v) is 5.29. The SMILES string of the molecule is O=C(O)C1CN(C(=O)CCc2cc3ccccc3o2)CCO1. The molecule has 0 bridgehead atoms. The number of rotatable bonds is 4. The predicted molar refractivity (Wildman–Crippen MR) is 78.5 cm³/mol. The molecule has 2 aromatic rings. The molecular weight excluding hydrogens is 286 g/mol. The van der Waals surface area contributed by atoms with Gasteiger partial charge in [0.2, 0.25) is 5.91 Å². The molecule has 2 heterocycles. The average Bonchev–Trinajstić information content (AvgIpc) is 2.95. The number of aliphatic carboxylic acids is 1. The van der Waals surface area contributed by atoms with E-state index in [1.54, 1.807) is 4.90 Å². The van der Waals surface area contributed by atoms with Gasteiger partial charge >= 0.3 is 5.97 Å². The molecule has 1 aromatic heterocycles. The number of fused-ring (bicyclic) bond motifs is 1. The fourth-order valence-corrected chi connectivity index (χ4v) is 2.57. The second kappa shape index (κ2) is 6.19. The van der Waals surface area contributed by atoms with E-state index in [1.807, 2.05) is 30.3 Å². The number of furan rings is 1. The van der Waals surface area contributed by atoms with E-state index in [-0.39, 0.29) is 19.1 Å². The van der Waals surface area contributed by atoms with Crippen LogP contribution >= 0.6 is 0 Å². The largest absolute Gasteiger partial charge is 0.479 e. The minimum atomic E-state index is -1.03. The molecule has 6 nitrogen and oxygen atoms in total. The normalized spacial score (nSPS) is 18.5. The molecule has 0 saturated carbocycles. The highest BCUT2D eigenvalue weighted by atomic mass is 16.5. The van der Waals surface area contributed by atoms with Gasteiger partial charge in [0, 0.05) is 24.8 Å². The first kappa shape index (κ1) is 14.6. The molecular formula is C16H17NO5. The topological polar surface area (TPSA) is 80.0 Å². The number of amides is 1. The van der Waals surface area contributed by atoms with Gasteiger partial charge in [0.15, 0.2) is 6.10 Å². The van der Waals surface area contributed by atoms with Crippen LogP contribution in [0.4, 0.5) is 0 Å². The van der Waals surface area contributed by atoms with Gasteiger partial charge in [0.25, 0.3) is 0 Å². The van der Waals surface area contributed by atoms with Gasteiger partial charge in [0.1, 0.15) is 11.3 Å². The quantitative estimate of drug-likeness (QED) is 0.929. The molecule has 1 fully saturated rings. The predicted octanol–water partition coefficient (Wildman–Crippen LogP) is 1.68. The van der Waals surface area contributed by atoms with Crippen molar-refractivity contribution >= 4 is 22.8 Å². The summed E-state index contributed by atoms with van der Waals surface area (Å²) in [5, 5.41) is 9.96. The minimum Gasteiger partial charge on any atom is -0.479 e. The van der Waals surface area contributed by atoms with E-state index in [0.717, 1.165) is 16.7 Å². The van der Waals surface area contributed by atoms with E-state index >= 15 is 0 Å². The molecule has 0 radical (unpaired) electrons. The Kier molecular flexibility index (Phi) is 4.11. The van der Waals surface area contributed by atoms with Gasteiger partial charge in [-0.15, -0.1) is 0 Å². The zero-order chi connectivity index (χ0) is 15.5.